The molecule has 1 spiro atoms. The van der Waals surface area contributed by atoms with Crippen molar-refractivity contribution in [2.75, 3.05) is 19.8 Å². The van der Waals surface area contributed by atoms with Crippen molar-refractivity contribution in [1.82, 2.24) is 9.80 Å². The number of esters is 1. The molecule has 3 saturated heterocycles. The minimum absolute atomic E-state index is 0.00173. The number of nitrogens with zero attached hydrogens (tertiary/aromatic N) is 2. The smallest absolute Gasteiger partial charge is 0.310 e. The molecule has 3 aliphatic rings. The molecule has 0 radical (unpaired) electrons. The molecule has 3 rings (SSSR count). The number of rotatable bonds is 11. The van der Waals surface area contributed by atoms with Crippen LogP contribution >= 0.6 is 11.8 Å². The van der Waals surface area contributed by atoms with Gasteiger partial charge in [0.05, 0.1) is 35.8 Å². The van der Waals surface area contributed by atoms with E-state index in [1.807, 2.05) is 18.7 Å². The maximum atomic E-state index is 14.3. The zero-order chi connectivity index (χ0) is 24.5. The van der Waals surface area contributed by atoms with Crippen LogP contribution in [0.5, 0.6) is 0 Å². The van der Waals surface area contributed by atoms with E-state index in [-0.39, 0.29) is 48.2 Å². The third kappa shape index (κ3) is 4.01. The Hall–Kier alpha value is -1.54. The third-order valence-electron chi connectivity index (χ3n) is 7.90. The number of fused-ring (bicyclic) bond motifs is 1. The van der Waals surface area contributed by atoms with Crippen LogP contribution in [0.15, 0.2) is 12.7 Å². The zero-order valence-electron chi connectivity index (χ0n) is 20.7. The minimum atomic E-state index is -0.712. The van der Waals surface area contributed by atoms with Gasteiger partial charge in [-0.2, -0.15) is 0 Å². The van der Waals surface area contributed by atoms with Crippen LogP contribution < -0.4 is 0 Å². The molecule has 0 aliphatic carbocycles. The molecule has 0 aromatic rings. The van der Waals surface area contributed by atoms with E-state index in [1.54, 1.807) is 29.7 Å². The van der Waals surface area contributed by atoms with Gasteiger partial charge in [-0.05, 0) is 39.0 Å². The lowest BCUT2D eigenvalue weighted by molar-refractivity contribution is -0.154. The Bertz CT molecular complexity index is 772. The Labute approximate surface area is 202 Å². The van der Waals surface area contributed by atoms with Crippen molar-refractivity contribution < 1.29 is 24.2 Å². The van der Waals surface area contributed by atoms with Gasteiger partial charge in [-0.1, -0.05) is 33.3 Å². The monoisotopic (exact) mass is 480 g/mol. The summed E-state index contributed by atoms with van der Waals surface area (Å²) < 4.78 is 4.70. The molecule has 8 heteroatoms. The molecule has 0 aromatic heterocycles. The van der Waals surface area contributed by atoms with E-state index in [4.69, 9.17) is 4.74 Å². The van der Waals surface area contributed by atoms with Crippen LogP contribution in [0, 0.1) is 17.8 Å². The second kappa shape index (κ2) is 10.4. The lowest BCUT2D eigenvalue weighted by atomic mass is 9.66. The summed E-state index contributed by atoms with van der Waals surface area (Å²) in [5, 5.41) is 10.1. The number of ether oxygens (including phenoxy) is 1. The number of hydrogen-bond acceptors (Lipinski definition) is 6. The molecule has 8 atom stereocenters. The number of carbonyl (C=O) groups excluding carboxylic acids is 3. The predicted octanol–water partition coefficient (Wildman–Crippen LogP) is 2.86. The maximum absolute atomic E-state index is 14.3. The van der Waals surface area contributed by atoms with E-state index < -0.39 is 28.7 Å². The molecule has 4 unspecified atom stereocenters. The maximum Gasteiger partial charge on any atom is 0.310 e. The molecule has 3 fully saturated rings. The van der Waals surface area contributed by atoms with Gasteiger partial charge in [-0.15, -0.1) is 18.3 Å². The molecule has 2 bridgehead atoms. The van der Waals surface area contributed by atoms with E-state index in [0.717, 1.165) is 19.3 Å². The Kier molecular flexibility index (Phi) is 8.20. The van der Waals surface area contributed by atoms with Crippen LogP contribution in [-0.4, -0.2) is 80.6 Å². The summed E-state index contributed by atoms with van der Waals surface area (Å²) in [5.41, 5.74) is 0. The molecule has 0 saturated carbocycles. The molecule has 3 heterocycles. The molecule has 3 aliphatic heterocycles. The quantitative estimate of drug-likeness (QED) is 0.361. The van der Waals surface area contributed by atoms with Crippen molar-refractivity contribution >= 4 is 29.5 Å². The molecule has 7 nitrogen and oxygen atoms in total. The summed E-state index contributed by atoms with van der Waals surface area (Å²) in [7, 11) is 0. The van der Waals surface area contributed by atoms with E-state index >= 15 is 0 Å². The van der Waals surface area contributed by atoms with E-state index in [9.17, 15) is 19.5 Å². The molecule has 2 amide bonds. The molecule has 33 heavy (non-hydrogen) atoms. The van der Waals surface area contributed by atoms with Crippen molar-refractivity contribution in [3.63, 3.8) is 0 Å². The third-order valence-corrected chi connectivity index (χ3v) is 9.98. The zero-order valence-corrected chi connectivity index (χ0v) is 21.5. The number of amides is 2. The number of aliphatic hydroxyl groups excluding tert-OH is 1. The molecule has 0 aromatic carbocycles. The summed E-state index contributed by atoms with van der Waals surface area (Å²) in [6, 6.07) is -1.18. The van der Waals surface area contributed by atoms with Crippen LogP contribution in [0.2, 0.25) is 0 Å². The highest BCUT2D eigenvalue weighted by atomic mass is 32.2. The minimum Gasteiger partial charge on any atom is -0.466 e. The normalized spacial score (nSPS) is 34.2. The first-order valence-electron chi connectivity index (χ1n) is 12.4. The molecule has 1 N–H and O–H groups in total. The fourth-order valence-corrected chi connectivity index (χ4v) is 8.80. The van der Waals surface area contributed by atoms with Gasteiger partial charge in [0.1, 0.15) is 6.04 Å². The first kappa shape index (κ1) is 26.1. The highest BCUT2D eigenvalue weighted by molar-refractivity contribution is 8.02. The largest absolute Gasteiger partial charge is 0.466 e. The Balaban J connectivity index is 2.13. The average Bonchev–Trinajstić information content (AvgIpc) is 3.37. The summed E-state index contributed by atoms with van der Waals surface area (Å²) in [6.45, 7) is 14.2. The van der Waals surface area contributed by atoms with E-state index in [2.05, 4.69) is 20.4 Å². The van der Waals surface area contributed by atoms with Crippen molar-refractivity contribution in [2.45, 2.75) is 88.4 Å². The summed E-state index contributed by atoms with van der Waals surface area (Å²) >= 11 is 1.64. The highest BCUT2D eigenvalue weighted by Crippen LogP contribution is 2.69. The van der Waals surface area contributed by atoms with Crippen LogP contribution in [0.25, 0.3) is 0 Å². The van der Waals surface area contributed by atoms with Gasteiger partial charge in [0.25, 0.3) is 0 Å². The molecular weight excluding hydrogens is 440 g/mol. The standard InChI is InChI=1S/C25H40N2O5S/c1-7-11-16(6)26(12-8-2)23(30)21-25-15(5)13-18(33-25)19(24(31)32-10-4)20(25)22(29)27(21)17(9-3)14-28/h8,15-21,28H,2,7,9-14H2,1,3-6H3/t15?,16?,17-,18-,19+,20-,21?,25?/m0/s1. The van der Waals surface area contributed by atoms with Gasteiger partial charge in [0.2, 0.25) is 11.8 Å². The lowest BCUT2D eigenvalue weighted by Crippen LogP contribution is -2.60. The number of hydrogen-bond donors (Lipinski definition) is 1. The van der Waals surface area contributed by atoms with E-state index in [1.165, 1.54) is 0 Å². The number of aliphatic hydroxyl groups is 1. The van der Waals surface area contributed by atoms with Gasteiger partial charge in [0.15, 0.2) is 0 Å². The summed E-state index contributed by atoms with van der Waals surface area (Å²) in [4.78, 5) is 44.7. The van der Waals surface area contributed by atoms with Gasteiger partial charge < -0.3 is 19.6 Å². The molecule has 186 valence electrons. The highest BCUT2D eigenvalue weighted by Gasteiger charge is 2.77. The Morgan fingerprint density at radius 1 is 1.39 bits per heavy atom. The van der Waals surface area contributed by atoms with Crippen LogP contribution in [-0.2, 0) is 19.1 Å². The number of likely N-dealkylation sites (tertiary alicyclic amines) is 1. The second-order valence-electron chi connectivity index (χ2n) is 9.71. The van der Waals surface area contributed by atoms with E-state index in [0.29, 0.717) is 13.0 Å². The summed E-state index contributed by atoms with van der Waals surface area (Å²) in [6.07, 6.45) is 4.83. The SMILES string of the molecule is C=CCN(C(=O)C1N([C@@H](CC)CO)C(=O)[C@@H]2[C@H](C(=O)OCC)[C@@H]3CC(C)C12S3)C(C)CCC. The van der Waals surface area contributed by atoms with Crippen LogP contribution in [0.4, 0.5) is 0 Å². The topological polar surface area (TPSA) is 87.2 Å². The number of thioether (sulfide) groups is 1. The molecular formula is C25H40N2O5S. The fourth-order valence-electron chi connectivity index (χ4n) is 6.41. The first-order valence-corrected chi connectivity index (χ1v) is 13.3. The lowest BCUT2D eigenvalue weighted by Gasteiger charge is -2.43. The second-order valence-corrected chi connectivity index (χ2v) is 11.3. The van der Waals surface area contributed by atoms with Crippen LogP contribution in [0.3, 0.4) is 0 Å². The number of carbonyl (C=O) groups is 3. The van der Waals surface area contributed by atoms with Gasteiger partial charge in [-0.3, -0.25) is 14.4 Å². The van der Waals surface area contributed by atoms with Gasteiger partial charge in [0, 0.05) is 17.8 Å². The Morgan fingerprint density at radius 3 is 2.64 bits per heavy atom. The van der Waals surface area contributed by atoms with Crippen molar-refractivity contribution in [2.24, 2.45) is 17.8 Å². The van der Waals surface area contributed by atoms with Gasteiger partial charge >= 0.3 is 5.97 Å². The van der Waals surface area contributed by atoms with Crippen molar-refractivity contribution in [3.05, 3.63) is 12.7 Å². The van der Waals surface area contributed by atoms with Gasteiger partial charge in [-0.25, -0.2) is 0 Å². The Morgan fingerprint density at radius 2 is 2.09 bits per heavy atom. The fraction of sp³-hybridized carbons (Fsp3) is 0.800. The van der Waals surface area contributed by atoms with Crippen molar-refractivity contribution in [3.8, 4) is 0 Å². The average molecular weight is 481 g/mol. The first-order chi connectivity index (χ1) is 15.7. The van der Waals surface area contributed by atoms with Crippen LogP contribution in [0.1, 0.15) is 60.3 Å². The predicted molar refractivity (Wildman–Crippen MR) is 130 cm³/mol. The van der Waals surface area contributed by atoms with Crippen molar-refractivity contribution in [1.29, 1.82) is 0 Å². The summed E-state index contributed by atoms with van der Waals surface area (Å²) in [5.74, 6) is -1.67.